The second kappa shape index (κ2) is 18.3. The molecule has 5 heteroatoms. The topological polar surface area (TPSA) is 38.7 Å². The van der Waals surface area contributed by atoms with E-state index in [-0.39, 0.29) is 31.2 Å². The number of aromatic nitrogens is 3. The van der Waals surface area contributed by atoms with Crippen molar-refractivity contribution < 1.29 is 28.3 Å². The van der Waals surface area contributed by atoms with Crippen molar-refractivity contribution >= 4 is 31.5 Å². The summed E-state index contributed by atoms with van der Waals surface area (Å²) in [6.07, 6.45) is 7.28. The third kappa shape index (κ3) is 8.71. The Balaban J connectivity index is 0.00000578. The molecule has 0 spiro atoms. The summed E-state index contributed by atoms with van der Waals surface area (Å²) in [5.74, 6) is 0. The van der Waals surface area contributed by atoms with Gasteiger partial charge in [-0.3, -0.25) is 0 Å². The quantitative estimate of drug-likeness (QED) is 0.121. The molecule has 10 aromatic rings. The summed E-state index contributed by atoms with van der Waals surface area (Å²) in [6.45, 7) is -4.71. The summed E-state index contributed by atoms with van der Waals surface area (Å²) >= 11 is 1.76. The Morgan fingerprint density at radius 1 is 0.468 bits per heavy atom. The van der Waals surface area contributed by atoms with Crippen molar-refractivity contribution in [3.63, 3.8) is 0 Å². The molecule has 0 saturated carbocycles. The van der Waals surface area contributed by atoms with Gasteiger partial charge in [0.15, 0.2) is 0 Å². The van der Waals surface area contributed by atoms with E-state index < -0.39 is 13.7 Å². The molecular formula is C57H42IrN3S. The van der Waals surface area contributed by atoms with Crippen LogP contribution in [-0.4, -0.2) is 15.0 Å². The van der Waals surface area contributed by atoms with Gasteiger partial charge in [0.1, 0.15) is 0 Å². The van der Waals surface area contributed by atoms with E-state index in [0.717, 1.165) is 60.5 Å². The van der Waals surface area contributed by atoms with E-state index in [0.29, 0.717) is 48.2 Å². The van der Waals surface area contributed by atoms with Crippen LogP contribution in [-0.2, 0) is 45.8 Å². The van der Waals surface area contributed by atoms with Crippen LogP contribution in [0.2, 0.25) is 0 Å². The fourth-order valence-electron chi connectivity index (χ4n) is 8.04. The first-order valence-corrected chi connectivity index (χ1v) is 21.2. The van der Waals surface area contributed by atoms with Crippen LogP contribution in [0.3, 0.4) is 0 Å². The number of fused-ring (bicyclic) bond motifs is 3. The zero-order valence-corrected chi connectivity index (χ0v) is 36.8. The molecule has 0 fully saturated rings. The molecule has 10 rings (SSSR count). The maximum absolute atomic E-state index is 8.51. The molecule has 3 nitrogen and oxygen atoms in total. The van der Waals surface area contributed by atoms with Crippen LogP contribution < -0.4 is 0 Å². The third-order valence-electron chi connectivity index (χ3n) is 11.2. The second-order valence-corrected chi connectivity index (χ2v) is 16.3. The fourth-order valence-corrected chi connectivity index (χ4v) is 9.17. The number of benzene rings is 6. The van der Waals surface area contributed by atoms with Crippen molar-refractivity contribution in [3.8, 4) is 56.0 Å². The van der Waals surface area contributed by atoms with Crippen molar-refractivity contribution in [2.75, 3.05) is 0 Å². The predicted octanol–water partition coefficient (Wildman–Crippen LogP) is 14.2. The van der Waals surface area contributed by atoms with Crippen LogP contribution in [0.4, 0.5) is 0 Å². The van der Waals surface area contributed by atoms with Gasteiger partial charge in [0, 0.05) is 47.0 Å². The van der Waals surface area contributed by atoms with Crippen molar-refractivity contribution in [1.82, 2.24) is 15.0 Å². The Labute approximate surface area is 390 Å². The Kier molecular flexibility index (Phi) is 10.1. The minimum Gasteiger partial charge on any atom is -0.304 e. The number of thiophene rings is 1. The first-order chi connectivity index (χ1) is 32.4. The van der Waals surface area contributed by atoms with Gasteiger partial charge < -0.3 is 15.0 Å². The zero-order valence-electron chi connectivity index (χ0n) is 39.6. The summed E-state index contributed by atoms with van der Waals surface area (Å²) in [4.78, 5) is 14.3. The maximum atomic E-state index is 8.51. The van der Waals surface area contributed by atoms with Gasteiger partial charge in [-0.1, -0.05) is 71.8 Å². The van der Waals surface area contributed by atoms with E-state index in [2.05, 4.69) is 78.9 Å². The van der Waals surface area contributed by atoms with Gasteiger partial charge in [0.25, 0.3) is 0 Å². The summed E-state index contributed by atoms with van der Waals surface area (Å²) in [5, 5.41) is 2.36. The minimum atomic E-state index is -2.35. The molecule has 0 bridgehead atoms. The van der Waals surface area contributed by atoms with Crippen LogP contribution in [0.25, 0.3) is 76.2 Å². The molecule has 0 unspecified atom stereocenters. The van der Waals surface area contributed by atoms with Crippen molar-refractivity contribution in [2.45, 2.75) is 39.4 Å². The molecule has 62 heavy (non-hydrogen) atoms. The first kappa shape index (κ1) is 34.3. The largest absolute Gasteiger partial charge is 3.00 e. The van der Waals surface area contributed by atoms with Gasteiger partial charge in [-0.05, 0) is 119 Å². The molecule has 0 aliphatic carbocycles. The maximum Gasteiger partial charge on any atom is 3.00 e. The Bertz CT molecular complexity index is 3250. The molecule has 0 amide bonds. The summed E-state index contributed by atoms with van der Waals surface area (Å²) in [6, 6.07) is 59.4. The zero-order chi connectivity index (χ0) is 46.1. The Morgan fingerprint density at radius 3 is 1.56 bits per heavy atom. The van der Waals surface area contributed by atoms with Crippen molar-refractivity contribution in [1.29, 1.82) is 0 Å². The summed E-state index contributed by atoms with van der Waals surface area (Å²) < 4.78 is 53.4. The summed E-state index contributed by atoms with van der Waals surface area (Å²) in [5.41, 5.74) is 12.3. The molecule has 0 N–H and O–H groups in total. The molecule has 300 valence electrons. The molecule has 6 aromatic carbocycles. The number of hydrogen-bond acceptors (Lipinski definition) is 4. The molecule has 0 aliphatic heterocycles. The average Bonchev–Trinajstić information content (AvgIpc) is 3.72. The van der Waals surface area contributed by atoms with Gasteiger partial charge in [-0.15, -0.1) is 119 Å². The third-order valence-corrected chi connectivity index (χ3v) is 12.4. The summed E-state index contributed by atoms with van der Waals surface area (Å²) in [7, 11) is 0. The van der Waals surface area contributed by atoms with E-state index >= 15 is 0 Å². The standard InChI is InChI=1S/C57H42N3S.Ir/c1-38-28-54(43-16-8-4-9-17-43)59-35-45(38)24-22-40-30-41(23-25-46-36-60-55(29-39(46)2)44-18-10-5-11-19-44)32-48(31-40)51-34-57-52(49-20-12-13-21-56(49)61-57)33-50(51)47-26-27-53(58-37-47)42-14-6-3-7-15-42;/h3-14,16,18,20-21,26-37H,22-25H2,1-2H3;/q-3;+3/i1D3,2D3;. The van der Waals surface area contributed by atoms with E-state index in [1.165, 1.54) is 15.5 Å². The van der Waals surface area contributed by atoms with Crippen molar-refractivity contribution in [3.05, 3.63) is 222 Å². The number of aryl methyl sites for hydroxylation is 6. The first-order valence-electron chi connectivity index (χ1n) is 23.4. The molecule has 0 aliphatic rings. The normalized spacial score (nSPS) is 13.0. The predicted molar refractivity (Wildman–Crippen MR) is 254 cm³/mol. The molecular weight excluding hydrogens is 951 g/mol. The van der Waals surface area contributed by atoms with Gasteiger partial charge in [-0.25, -0.2) is 0 Å². The average molecular weight is 999 g/mol. The van der Waals surface area contributed by atoms with Gasteiger partial charge in [0.2, 0.25) is 0 Å². The van der Waals surface area contributed by atoms with Crippen LogP contribution in [0, 0.1) is 31.9 Å². The van der Waals surface area contributed by atoms with Crippen molar-refractivity contribution in [2.24, 2.45) is 0 Å². The molecule has 0 atom stereocenters. The fraction of sp³-hybridized carbons (Fsp3) is 0.105. The van der Waals surface area contributed by atoms with Crippen LogP contribution in [0.15, 0.2) is 170 Å². The molecule has 0 saturated heterocycles. The van der Waals surface area contributed by atoms with Gasteiger partial charge in [0.05, 0.1) is 0 Å². The van der Waals surface area contributed by atoms with Crippen LogP contribution >= 0.6 is 11.3 Å². The molecule has 4 heterocycles. The van der Waals surface area contributed by atoms with E-state index in [9.17, 15) is 0 Å². The number of pyridine rings is 3. The second-order valence-electron chi connectivity index (χ2n) is 15.2. The van der Waals surface area contributed by atoms with Crippen LogP contribution in [0.1, 0.15) is 41.6 Å². The van der Waals surface area contributed by atoms with Gasteiger partial charge in [-0.2, -0.15) is 0 Å². The van der Waals surface area contributed by atoms with Crippen LogP contribution in [0.5, 0.6) is 0 Å². The number of rotatable bonds is 11. The SMILES string of the molecule is [2H]C([2H])([2H])c1cc(-c2[c-]cccc2)ncc1CCc1cc(CCc2cnc(-c3[c-]cccc3)cc2C([2H])([2H])[2H])cc(-c2cc3sc4ccccc4c3cc2-c2ccc(-c3[c-]cccc3)nc2)c1.[Ir+3]. The number of nitrogens with zero attached hydrogens (tertiary/aromatic N) is 3. The molecule has 4 aromatic heterocycles. The Morgan fingerprint density at radius 2 is 1.02 bits per heavy atom. The van der Waals surface area contributed by atoms with E-state index in [1.54, 1.807) is 48.0 Å². The molecule has 0 radical (unpaired) electrons. The smallest absolute Gasteiger partial charge is 0.304 e. The van der Waals surface area contributed by atoms with E-state index in [4.69, 9.17) is 23.2 Å². The monoisotopic (exact) mass is 999 g/mol. The van der Waals surface area contributed by atoms with E-state index in [1.807, 2.05) is 72.9 Å². The Hall–Kier alpha value is -6.36. The number of hydrogen-bond donors (Lipinski definition) is 0. The van der Waals surface area contributed by atoms with Gasteiger partial charge >= 0.3 is 20.1 Å². The minimum absolute atomic E-state index is 0.